The number of nitrogens with one attached hydrogen (secondary N) is 2. The van der Waals surface area contributed by atoms with Gasteiger partial charge in [0.2, 0.25) is 5.91 Å². The molecule has 0 bridgehead atoms. The van der Waals surface area contributed by atoms with Crippen LogP contribution in [-0.4, -0.2) is 56.1 Å². The third-order valence-electron chi connectivity index (χ3n) is 4.30. The molecule has 1 fully saturated rings. The average molecular weight is 356 g/mol. The van der Waals surface area contributed by atoms with Gasteiger partial charge in [-0.15, -0.1) is 12.4 Å². The molecule has 2 rings (SSSR count). The maximum atomic E-state index is 12.4. The predicted molar refractivity (Wildman–Crippen MR) is 95.0 cm³/mol. The molecule has 0 atom stereocenters. The second kappa shape index (κ2) is 9.61. The Labute approximate surface area is 149 Å². The van der Waals surface area contributed by atoms with E-state index >= 15 is 0 Å². The Morgan fingerprint density at radius 3 is 2.46 bits per heavy atom. The Balaban J connectivity index is 0.00000288. The topological polar surface area (TPSA) is 70.7 Å². The molecule has 24 heavy (non-hydrogen) atoms. The fourth-order valence-corrected chi connectivity index (χ4v) is 2.75. The number of ether oxygens (including phenoxy) is 1. The summed E-state index contributed by atoms with van der Waals surface area (Å²) in [6.07, 6.45) is 1.23. The number of carbonyl (C=O) groups is 2. The summed E-state index contributed by atoms with van der Waals surface area (Å²) in [5, 5.41) is 5.93. The van der Waals surface area contributed by atoms with Crippen molar-refractivity contribution in [2.75, 3.05) is 33.8 Å². The van der Waals surface area contributed by atoms with E-state index in [9.17, 15) is 9.59 Å². The molecule has 1 heterocycles. The molecular formula is C17H26ClN3O3. The quantitative estimate of drug-likeness (QED) is 0.797. The minimum absolute atomic E-state index is 0. The molecule has 0 saturated carbocycles. The van der Waals surface area contributed by atoms with E-state index in [0.717, 1.165) is 18.7 Å². The Kier molecular flexibility index (Phi) is 8.18. The van der Waals surface area contributed by atoms with Crippen molar-refractivity contribution in [3.63, 3.8) is 0 Å². The third-order valence-corrected chi connectivity index (χ3v) is 4.30. The molecule has 1 saturated heterocycles. The van der Waals surface area contributed by atoms with Gasteiger partial charge in [-0.25, -0.2) is 0 Å². The van der Waals surface area contributed by atoms with Crippen LogP contribution in [0.4, 0.5) is 0 Å². The Hall–Kier alpha value is -1.63. The highest BCUT2D eigenvalue weighted by molar-refractivity contribution is 5.89. The lowest BCUT2D eigenvalue weighted by atomic mass is 9.91. The van der Waals surface area contributed by atoms with E-state index in [4.69, 9.17) is 4.74 Å². The normalized spacial score (nSPS) is 15.9. The van der Waals surface area contributed by atoms with Crippen LogP contribution in [0.1, 0.15) is 18.4 Å². The number of piperidine rings is 1. The lowest BCUT2D eigenvalue weighted by Crippen LogP contribution is -2.55. The van der Waals surface area contributed by atoms with Crippen LogP contribution >= 0.6 is 12.4 Å². The van der Waals surface area contributed by atoms with Crippen molar-refractivity contribution in [2.24, 2.45) is 0 Å². The van der Waals surface area contributed by atoms with E-state index in [0.29, 0.717) is 19.4 Å². The van der Waals surface area contributed by atoms with Crippen LogP contribution in [0.5, 0.6) is 0 Å². The van der Waals surface area contributed by atoms with Gasteiger partial charge in [0.25, 0.3) is 5.91 Å². The number of halogens is 1. The first-order valence-corrected chi connectivity index (χ1v) is 7.89. The second-order valence-corrected chi connectivity index (χ2v) is 5.87. The van der Waals surface area contributed by atoms with E-state index < -0.39 is 5.60 Å². The van der Waals surface area contributed by atoms with Crippen LogP contribution in [0.25, 0.3) is 0 Å². The molecule has 6 nitrogen and oxygen atoms in total. The van der Waals surface area contributed by atoms with E-state index in [1.54, 1.807) is 19.1 Å². The highest BCUT2D eigenvalue weighted by atomic mass is 35.5. The van der Waals surface area contributed by atoms with Crippen LogP contribution in [0.2, 0.25) is 0 Å². The summed E-state index contributed by atoms with van der Waals surface area (Å²) in [5.74, 6) is -0.328. The first kappa shape index (κ1) is 20.4. The van der Waals surface area contributed by atoms with Crippen molar-refractivity contribution in [3.8, 4) is 0 Å². The van der Waals surface area contributed by atoms with Crippen LogP contribution in [0, 0.1) is 0 Å². The highest BCUT2D eigenvalue weighted by Crippen LogP contribution is 2.22. The Morgan fingerprint density at radius 1 is 1.25 bits per heavy atom. The van der Waals surface area contributed by atoms with Crippen molar-refractivity contribution in [3.05, 3.63) is 35.9 Å². The average Bonchev–Trinajstić information content (AvgIpc) is 2.60. The zero-order chi connectivity index (χ0) is 16.7. The summed E-state index contributed by atoms with van der Waals surface area (Å²) in [7, 11) is 3.28. The van der Waals surface area contributed by atoms with Gasteiger partial charge in [0.05, 0.1) is 6.54 Å². The molecule has 1 aliphatic rings. The summed E-state index contributed by atoms with van der Waals surface area (Å²) in [6, 6.07) is 9.76. The Bertz CT molecular complexity index is 533. The number of methoxy groups -OCH3 is 1. The lowest BCUT2D eigenvalue weighted by molar-refractivity contribution is -0.148. The molecular weight excluding hydrogens is 330 g/mol. The van der Waals surface area contributed by atoms with Gasteiger partial charge in [-0.2, -0.15) is 0 Å². The maximum Gasteiger partial charge on any atom is 0.252 e. The largest absolute Gasteiger partial charge is 0.368 e. The van der Waals surface area contributed by atoms with Crippen LogP contribution in [0.15, 0.2) is 30.3 Å². The van der Waals surface area contributed by atoms with E-state index in [2.05, 4.69) is 10.6 Å². The highest BCUT2D eigenvalue weighted by Gasteiger charge is 2.39. The summed E-state index contributed by atoms with van der Waals surface area (Å²) < 4.78 is 5.45. The third kappa shape index (κ3) is 5.19. The maximum absolute atomic E-state index is 12.4. The van der Waals surface area contributed by atoms with Gasteiger partial charge in [0.15, 0.2) is 0 Å². The van der Waals surface area contributed by atoms with Gasteiger partial charge in [-0.1, -0.05) is 30.3 Å². The summed E-state index contributed by atoms with van der Waals surface area (Å²) in [4.78, 5) is 26.2. The van der Waals surface area contributed by atoms with Crippen molar-refractivity contribution in [1.82, 2.24) is 15.5 Å². The zero-order valence-electron chi connectivity index (χ0n) is 14.2. The van der Waals surface area contributed by atoms with Crippen LogP contribution in [0.3, 0.4) is 0 Å². The molecule has 0 spiro atoms. The minimum Gasteiger partial charge on any atom is -0.368 e. The van der Waals surface area contributed by atoms with Gasteiger partial charge in [0.1, 0.15) is 5.60 Å². The SMILES string of the molecule is COC1(C(=O)NCC(=O)N(C)Cc2ccccc2)CCNCC1.Cl. The number of benzene rings is 1. The van der Waals surface area contributed by atoms with Crippen molar-refractivity contribution in [1.29, 1.82) is 0 Å². The fraction of sp³-hybridized carbons (Fsp3) is 0.529. The summed E-state index contributed by atoms with van der Waals surface area (Å²) in [5.41, 5.74) is 0.241. The smallest absolute Gasteiger partial charge is 0.252 e. The van der Waals surface area contributed by atoms with Crippen molar-refractivity contribution >= 4 is 24.2 Å². The molecule has 0 unspecified atom stereocenters. The fourth-order valence-electron chi connectivity index (χ4n) is 2.75. The van der Waals surface area contributed by atoms with E-state index in [-0.39, 0.29) is 30.8 Å². The van der Waals surface area contributed by atoms with E-state index in [1.165, 1.54) is 0 Å². The number of carbonyl (C=O) groups excluding carboxylic acids is 2. The second-order valence-electron chi connectivity index (χ2n) is 5.87. The first-order valence-electron chi connectivity index (χ1n) is 7.89. The molecule has 2 N–H and O–H groups in total. The van der Waals surface area contributed by atoms with Crippen molar-refractivity contribution in [2.45, 2.75) is 25.0 Å². The molecule has 0 aliphatic carbocycles. The molecule has 1 aliphatic heterocycles. The standard InChI is InChI=1S/C17H25N3O3.ClH/c1-20(13-14-6-4-3-5-7-14)15(21)12-19-16(22)17(23-2)8-10-18-11-9-17;/h3-7,18H,8-13H2,1-2H3,(H,19,22);1H. The predicted octanol–water partition coefficient (Wildman–Crippen LogP) is 0.952. The summed E-state index contributed by atoms with van der Waals surface area (Å²) >= 11 is 0. The molecule has 1 aromatic rings. The van der Waals surface area contributed by atoms with Gasteiger partial charge < -0.3 is 20.3 Å². The van der Waals surface area contributed by atoms with E-state index in [1.807, 2.05) is 30.3 Å². The van der Waals surface area contributed by atoms with Crippen LogP contribution in [-0.2, 0) is 20.9 Å². The van der Waals surface area contributed by atoms with Crippen LogP contribution < -0.4 is 10.6 Å². The molecule has 0 aromatic heterocycles. The zero-order valence-corrected chi connectivity index (χ0v) is 15.0. The first-order chi connectivity index (χ1) is 11.1. The minimum atomic E-state index is -0.816. The Morgan fingerprint density at radius 2 is 1.88 bits per heavy atom. The lowest BCUT2D eigenvalue weighted by Gasteiger charge is -2.34. The molecule has 2 amide bonds. The number of hydrogen-bond acceptors (Lipinski definition) is 4. The number of nitrogens with zero attached hydrogens (tertiary/aromatic N) is 1. The summed E-state index contributed by atoms with van der Waals surface area (Å²) in [6.45, 7) is 1.99. The van der Waals surface area contributed by atoms with Gasteiger partial charge in [-0.3, -0.25) is 9.59 Å². The number of hydrogen-bond donors (Lipinski definition) is 2. The van der Waals surface area contributed by atoms with Gasteiger partial charge >= 0.3 is 0 Å². The number of rotatable bonds is 6. The molecule has 7 heteroatoms. The monoisotopic (exact) mass is 355 g/mol. The molecule has 0 radical (unpaired) electrons. The van der Waals surface area contributed by atoms with Gasteiger partial charge in [-0.05, 0) is 31.5 Å². The van der Waals surface area contributed by atoms with Crippen molar-refractivity contribution < 1.29 is 14.3 Å². The molecule has 134 valence electrons. The number of likely N-dealkylation sites (N-methyl/N-ethyl adjacent to an activating group) is 1. The molecule has 1 aromatic carbocycles. The number of amides is 2. The van der Waals surface area contributed by atoms with Gasteiger partial charge in [0, 0.05) is 20.7 Å².